The zero-order valence-corrected chi connectivity index (χ0v) is 12.6. The molecule has 0 radical (unpaired) electrons. The Balaban J connectivity index is 2.12. The zero-order chi connectivity index (χ0) is 13.2. The maximum atomic E-state index is 12.3. The molecule has 0 spiro atoms. The second-order valence-electron chi connectivity index (χ2n) is 5.22. The topological polar surface area (TPSA) is 46.9 Å². The maximum Gasteiger partial charge on any atom is 0.270 e. The summed E-state index contributed by atoms with van der Waals surface area (Å²) in [6.45, 7) is 1.90. The van der Waals surface area contributed by atoms with Crippen molar-refractivity contribution in [2.24, 2.45) is 7.05 Å². The van der Waals surface area contributed by atoms with E-state index in [0.29, 0.717) is 5.69 Å². The number of carbonyl (C=O) groups excluding carboxylic acids is 1. The van der Waals surface area contributed by atoms with Crippen LogP contribution in [0.4, 0.5) is 0 Å². The van der Waals surface area contributed by atoms with Gasteiger partial charge in [-0.2, -0.15) is 5.10 Å². The number of alkyl halides is 1. The van der Waals surface area contributed by atoms with Crippen molar-refractivity contribution in [1.29, 1.82) is 0 Å². The highest BCUT2D eigenvalue weighted by atomic mass is 79.9. The molecule has 1 amide bonds. The molecule has 1 heterocycles. The van der Waals surface area contributed by atoms with Crippen LogP contribution in [0.2, 0.25) is 0 Å². The number of hydrogen-bond acceptors (Lipinski definition) is 2. The summed E-state index contributed by atoms with van der Waals surface area (Å²) in [4.78, 5) is 12.3. The Hall–Kier alpha value is -0.840. The van der Waals surface area contributed by atoms with Gasteiger partial charge in [0, 0.05) is 12.4 Å². The standard InChI is InChI=1S/C13H20BrN3O/c1-10-8-11(17(2)16-10)12(18)15-13(9-14)6-4-3-5-7-13/h8H,3-7,9H2,1-2H3,(H,15,18). The first-order chi connectivity index (χ1) is 8.56. The molecule has 1 N–H and O–H groups in total. The fourth-order valence-electron chi connectivity index (χ4n) is 2.65. The second-order valence-corrected chi connectivity index (χ2v) is 5.78. The summed E-state index contributed by atoms with van der Waals surface area (Å²) in [5.41, 5.74) is 1.44. The number of aryl methyl sites for hydroxylation is 2. The first-order valence-electron chi connectivity index (χ1n) is 6.45. The lowest BCUT2D eigenvalue weighted by Crippen LogP contribution is -2.51. The zero-order valence-electron chi connectivity index (χ0n) is 11.0. The molecule has 1 aliphatic rings. The molecule has 0 bridgehead atoms. The normalized spacial score (nSPS) is 18.6. The third-order valence-electron chi connectivity index (χ3n) is 3.68. The summed E-state index contributed by atoms with van der Waals surface area (Å²) >= 11 is 3.56. The van der Waals surface area contributed by atoms with Crippen LogP contribution in [0.5, 0.6) is 0 Å². The minimum absolute atomic E-state index is 0.0144. The molecule has 1 aromatic heterocycles. The Morgan fingerprint density at radius 2 is 2.17 bits per heavy atom. The highest BCUT2D eigenvalue weighted by Crippen LogP contribution is 2.30. The number of nitrogens with zero attached hydrogens (tertiary/aromatic N) is 2. The fourth-order valence-corrected chi connectivity index (χ4v) is 3.35. The number of nitrogens with one attached hydrogen (secondary N) is 1. The van der Waals surface area contributed by atoms with Crippen molar-refractivity contribution in [3.63, 3.8) is 0 Å². The fraction of sp³-hybridized carbons (Fsp3) is 0.692. The molecule has 0 unspecified atom stereocenters. The van der Waals surface area contributed by atoms with Gasteiger partial charge in [0.25, 0.3) is 5.91 Å². The van der Waals surface area contributed by atoms with Crippen LogP contribution in [-0.2, 0) is 7.05 Å². The van der Waals surface area contributed by atoms with Gasteiger partial charge >= 0.3 is 0 Å². The molecular weight excluding hydrogens is 294 g/mol. The van der Waals surface area contributed by atoms with Gasteiger partial charge in [0.15, 0.2) is 0 Å². The lowest BCUT2D eigenvalue weighted by molar-refractivity contribution is 0.0876. The molecule has 0 saturated heterocycles. The van der Waals surface area contributed by atoms with Crippen LogP contribution in [0.25, 0.3) is 0 Å². The summed E-state index contributed by atoms with van der Waals surface area (Å²) in [5.74, 6) is -0.0144. The predicted octanol–water partition coefficient (Wildman–Crippen LogP) is 2.56. The molecule has 0 atom stereocenters. The SMILES string of the molecule is Cc1cc(C(=O)NC2(CBr)CCCCC2)n(C)n1. The van der Waals surface area contributed by atoms with Crippen LogP contribution in [0.3, 0.4) is 0 Å². The summed E-state index contributed by atoms with van der Waals surface area (Å²) in [7, 11) is 1.81. The van der Waals surface area contributed by atoms with E-state index in [1.165, 1.54) is 19.3 Å². The third-order valence-corrected chi connectivity index (χ3v) is 4.75. The second kappa shape index (κ2) is 5.43. The van der Waals surface area contributed by atoms with E-state index < -0.39 is 0 Å². The lowest BCUT2D eigenvalue weighted by atomic mass is 9.83. The number of hydrogen-bond donors (Lipinski definition) is 1. The predicted molar refractivity (Wildman–Crippen MR) is 75.0 cm³/mol. The van der Waals surface area contributed by atoms with Gasteiger partial charge < -0.3 is 5.32 Å². The molecule has 100 valence electrons. The van der Waals surface area contributed by atoms with Gasteiger partial charge in [0.1, 0.15) is 5.69 Å². The van der Waals surface area contributed by atoms with Gasteiger partial charge in [-0.15, -0.1) is 0 Å². The van der Waals surface area contributed by atoms with Crippen molar-refractivity contribution in [1.82, 2.24) is 15.1 Å². The molecule has 5 heteroatoms. The molecular formula is C13H20BrN3O. The number of halogens is 1. The van der Waals surface area contributed by atoms with Crippen molar-refractivity contribution in [2.45, 2.75) is 44.6 Å². The van der Waals surface area contributed by atoms with Crippen LogP contribution >= 0.6 is 15.9 Å². The largest absolute Gasteiger partial charge is 0.344 e. The van der Waals surface area contributed by atoms with Crippen molar-refractivity contribution in [3.8, 4) is 0 Å². The van der Waals surface area contributed by atoms with E-state index in [0.717, 1.165) is 23.9 Å². The number of carbonyl (C=O) groups is 1. The number of aromatic nitrogens is 2. The van der Waals surface area contributed by atoms with E-state index in [4.69, 9.17) is 0 Å². The Bertz CT molecular complexity index is 435. The Morgan fingerprint density at radius 1 is 1.50 bits per heavy atom. The van der Waals surface area contributed by atoms with Crippen LogP contribution in [-0.4, -0.2) is 26.6 Å². The Labute approximate surface area is 116 Å². The van der Waals surface area contributed by atoms with Gasteiger partial charge in [0.2, 0.25) is 0 Å². The van der Waals surface area contributed by atoms with Crippen LogP contribution in [0.1, 0.15) is 48.3 Å². The molecule has 1 aliphatic carbocycles. The Morgan fingerprint density at radius 3 is 2.67 bits per heavy atom. The van der Waals surface area contributed by atoms with Crippen molar-refractivity contribution in [3.05, 3.63) is 17.5 Å². The number of rotatable bonds is 3. The monoisotopic (exact) mass is 313 g/mol. The van der Waals surface area contributed by atoms with Crippen molar-refractivity contribution < 1.29 is 4.79 Å². The van der Waals surface area contributed by atoms with Crippen molar-refractivity contribution >= 4 is 21.8 Å². The molecule has 1 fully saturated rings. The van der Waals surface area contributed by atoms with E-state index in [1.807, 2.05) is 20.0 Å². The summed E-state index contributed by atoms with van der Waals surface area (Å²) < 4.78 is 1.65. The summed E-state index contributed by atoms with van der Waals surface area (Å²) in [6, 6.07) is 1.83. The van der Waals surface area contributed by atoms with E-state index in [1.54, 1.807) is 4.68 Å². The van der Waals surface area contributed by atoms with Gasteiger partial charge in [-0.05, 0) is 25.8 Å². The van der Waals surface area contributed by atoms with Crippen molar-refractivity contribution in [2.75, 3.05) is 5.33 Å². The molecule has 0 aromatic carbocycles. The average molecular weight is 314 g/mol. The maximum absolute atomic E-state index is 12.3. The van der Waals surface area contributed by atoms with Crippen LogP contribution in [0.15, 0.2) is 6.07 Å². The third kappa shape index (κ3) is 2.76. The lowest BCUT2D eigenvalue weighted by Gasteiger charge is -2.36. The van der Waals surface area contributed by atoms with Gasteiger partial charge in [-0.3, -0.25) is 9.48 Å². The van der Waals surface area contributed by atoms with Crippen LogP contribution in [0, 0.1) is 6.92 Å². The molecule has 18 heavy (non-hydrogen) atoms. The van der Waals surface area contributed by atoms with Gasteiger partial charge in [0.05, 0.1) is 11.2 Å². The molecule has 4 nitrogen and oxygen atoms in total. The highest BCUT2D eigenvalue weighted by Gasteiger charge is 2.33. The first-order valence-corrected chi connectivity index (χ1v) is 7.58. The molecule has 0 aliphatic heterocycles. The molecule has 2 rings (SSSR count). The van der Waals surface area contributed by atoms with E-state index in [-0.39, 0.29) is 11.4 Å². The van der Waals surface area contributed by atoms with E-state index in [9.17, 15) is 4.79 Å². The van der Waals surface area contributed by atoms with E-state index in [2.05, 4.69) is 26.3 Å². The van der Waals surface area contributed by atoms with Gasteiger partial charge in [-0.1, -0.05) is 35.2 Å². The minimum Gasteiger partial charge on any atom is -0.344 e. The number of amides is 1. The summed E-state index contributed by atoms with van der Waals surface area (Å²) in [6.07, 6.45) is 5.77. The van der Waals surface area contributed by atoms with Crippen LogP contribution < -0.4 is 5.32 Å². The Kier molecular flexibility index (Phi) is 4.10. The van der Waals surface area contributed by atoms with Gasteiger partial charge in [-0.25, -0.2) is 0 Å². The average Bonchev–Trinajstić information content (AvgIpc) is 2.70. The summed E-state index contributed by atoms with van der Waals surface area (Å²) in [5, 5.41) is 8.25. The smallest absolute Gasteiger partial charge is 0.270 e. The molecule has 1 aromatic rings. The quantitative estimate of drug-likeness (QED) is 0.872. The molecule has 1 saturated carbocycles. The minimum atomic E-state index is -0.0759. The highest BCUT2D eigenvalue weighted by molar-refractivity contribution is 9.09. The van der Waals surface area contributed by atoms with E-state index >= 15 is 0 Å². The first kappa shape index (κ1) is 13.6.